The number of aliphatic hydroxyl groups excluding tert-OH is 4. The molecule has 4 N–H and O–H groups in total. The molecule has 1 heterocycles. The first kappa shape index (κ1) is 14.9. The van der Waals surface area contributed by atoms with Crippen LogP contribution in [-0.2, 0) is 14.3 Å². The van der Waals surface area contributed by atoms with Crippen LogP contribution in [0.3, 0.4) is 0 Å². The van der Waals surface area contributed by atoms with Crippen molar-refractivity contribution in [3.8, 4) is 0 Å². The third kappa shape index (κ3) is 2.99. The smallest absolute Gasteiger partial charge is 0.229 e. The summed E-state index contributed by atoms with van der Waals surface area (Å²) in [7, 11) is 0. The van der Waals surface area contributed by atoms with E-state index in [1.807, 2.05) is 0 Å². The summed E-state index contributed by atoms with van der Waals surface area (Å²) >= 11 is 0. The monoisotopic (exact) mass is 284 g/mol. The molecule has 1 saturated heterocycles. The van der Waals surface area contributed by atoms with Gasteiger partial charge in [-0.2, -0.15) is 0 Å². The van der Waals surface area contributed by atoms with E-state index in [0.717, 1.165) is 0 Å². The minimum atomic E-state index is -1.48. The Morgan fingerprint density at radius 1 is 1.25 bits per heavy atom. The molecule has 0 bridgehead atoms. The van der Waals surface area contributed by atoms with Crippen LogP contribution in [0.4, 0.5) is 0 Å². The Kier molecular flexibility index (Phi) is 4.72. The molecule has 0 amide bonds. The fraction of sp³-hybridized carbons (Fsp3) is 0.538. The highest BCUT2D eigenvalue weighted by Crippen LogP contribution is 2.25. The molecular formula is C13H16O7. The van der Waals surface area contributed by atoms with Crippen LogP contribution in [0, 0.1) is 0 Å². The van der Waals surface area contributed by atoms with E-state index in [1.54, 1.807) is 12.0 Å². The lowest BCUT2D eigenvalue weighted by Crippen LogP contribution is -2.59. The third-order valence-corrected chi connectivity index (χ3v) is 3.20. The highest BCUT2D eigenvalue weighted by atomic mass is 16.7. The number of ether oxygens (including phenoxy) is 2. The van der Waals surface area contributed by atoms with Crippen molar-refractivity contribution < 1.29 is 34.7 Å². The van der Waals surface area contributed by atoms with Gasteiger partial charge < -0.3 is 29.9 Å². The zero-order chi connectivity index (χ0) is 14.7. The van der Waals surface area contributed by atoms with Crippen molar-refractivity contribution in [2.45, 2.75) is 37.1 Å². The number of allylic oxidation sites excluding steroid dienone is 4. The summed E-state index contributed by atoms with van der Waals surface area (Å²) in [4.78, 5) is 10.4. The largest absolute Gasteiger partial charge is 0.462 e. The Bertz CT molecular complexity index is 461. The molecule has 7 nitrogen and oxygen atoms in total. The topological polar surface area (TPSA) is 116 Å². The molecule has 1 aliphatic carbocycles. The first-order valence-corrected chi connectivity index (χ1v) is 6.16. The van der Waals surface area contributed by atoms with Gasteiger partial charge in [0.2, 0.25) is 6.29 Å². The predicted molar refractivity (Wildman–Crippen MR) is 65.9 cm³/mol. The molecule has 2 rings (SSSR count). The van der Waals surface area contributed by atoms with Gasteiger partial charge in [0.1, 0.15) is 36.1 Å². The van der Waals surface area contributed by atoms with Crippen LogP contribution >= 0.6 is 0 Å². The summed E-state index contributed by atoms with van der Waals surface area (Å²) < 4.78 is 10.6. The zero-order valence-corrected chi connectivity index (χ0v) is 10.5. The summed E-state index contributed by atoms with van der Waals surface area (Å²) in [5.41, 5.74) is 0.464. The Hall–Kier alpha value is -1.47. The molecule has 7 heteroatoms. The molecule has 0 spiro atoms. The molecule has 5 atom stereocenters. The van der Waals surface area contributed by atoms with Crippen molar-refractivity contribution in [1.29, 1.82) is 0 Å². The van der Waals surface area contributed by atoms with Crippen LogP contribution in [0.25, 0.3) is 0 Å². The van der Waals surface area contributed by atoms with Crippen molar-refractivity contribution >= 4 is 5.94 Å². The summed E-state index contributed by atoms with van der Waals surface area (Å²) in [5.74, 6) is 2.11. The number of hydrogen-bond acceptors (Lipinski definition) is 7. The quantitative estimate of drug-likeness (QED) is 0.461. The second kappa shape index (κ2) is 6.32. The Balaban J connectivity index is 2.04. The van der Waals surface area contributed by atoms with Crippen LogP contribution in [0.1, 0.15) is 6.42 Å². The molecule has 20 heavy (non-hydrogen) atoms. The van der Waals surface area contributed by atoms with Gasteiger partial charge in [0.05, 0.1) is 6.61 Å². The lowest BCUT2D eigenvalue weighted by molar-refractivity contribution is -0.290. The van der Waals surface area contributed by atoms with E-state index in [-0.39, 0.29) is 0 Å². The molecule has 0 radical (unpaired) electrons. The maximum Gasteiger partial charge on any atom is 0.229 e. The molecule has 0 aromatic carbocycles. The highest BCUT2D eigenvalue weighted by Gasteiger charge is 2.44. The van der Waals surface area contributed by atoms with Crippen molar-refractivity contribution in [2.75, 3.05) is 6.61 Å². The Labute approximate surface area is 115 Å². The first-order chi connectivity index (χ1) is 9.56. The van der Waals surface area contributed by atoms with Crippen molar-refractivity contribution in [1.82, 2.24) is 0 Å². The van der Waals surface area contributed by atoms with Crippen molar-refractivity contribution in [3.05, 3.63) is 29.6 Å². The first-order valence-electron chi connectivity index (χ1n) is 6.16. The second-order valence-electron chi connectivity index (χ2n) is 4.59. The normalized spacial score (nSPS) is 37.3. The van der Waals surface area contributed by atoms with Crippen LogP contribution in [0.2, 0.25) is 0 Å². The fourth-order valence-electron chi connectivity index (χ4n) is 1.99. The van der Waals surface area contributed by atoms with Crippen LogP contribution in [0.5, 0.6) is 0 Å². The van der Waals surface area contributed by atoms with E-state index in [1.165, 1.54) is 12.2 Å². The van der Waals surface area contributed by atoms with Gasteiger partial charge in [0, 0.05) is 12.0 Å². The summed E-state index contributed by atoms with van der Waals surface area (Å²) in [6.45, 7) is -0.516. The maximum absolute atomic E-state index is 10.4. The average molecular weight is 284 g/mol. The van der Waals surface area contributed by atoms with Crippen LogP contribution in [0.15, 0.2) is 29.6 Å². The maximum atomic E-state index is 10.4. The molecule has 2 aliphatic rings. The van der Waals surface area contributed by atoms with Crippen LogP contribution in [-0.4, -0.2) is 63.7 Å². The molecular weight excluding hydrogens is 268 g/mol. The summed E-state index contributed by atoms with van der Waals surface area (Å²) in [6, 6.07) is 0. The fourth-order valence-corrected chi connectivity index (χ4v) is 1.99. The number of hydrogen-bond donors (Lipinski definition) is 4. The lowest BCUT2D eigenvalue weighted by atomic mass is 9.99. The number of carbonyl (C=O) groups excluding carboxylic acids is 1. The Morgan fingerprint density at radius 3 is 2.55 bits per heavy atom. The van der Waals surface area contributed by atoms with E-state index in [0.29, 0.717) is 17.8 Å². The van der Waals surface area contributed by atoms with Gasteiger partial charge >= 0.3 is 0 Å². The van der Waals surface area contributed by atoms with Gasteiger partial charge in [-0.15, -0.1) is 0 Å². The van der Waals surface area contributed by atoms with Gasteiger partial charge in [-0.1, -0.05) is 0 Å². The molecule has 1 aliphatic heterocycles. The third-order valence-electron chi connectivity index (χ3n) is 3.20. The van der Waals surface area contributed by atoms with Gasteiger partial charge in [-0.25, -0.2) is 4.79 Å². The second-order valence-corrected chi connectivity index (χ2v) is 4.59. The SMILES string of the molecule is O=C=C1C=CC(O[C@@H]2O[C@H](CO)[C@@H](O)[C@H](O)[C@H]2O)=CC1. The van der Waals surface area contributed by atoms with E-state index in [4.69, 9.17) is 14.6 Å². The Morgan fingerprint density at radius 2 is 2.00 bits per heavy atom. The summed E-state index contributed by atoms with van der Waals surface area (Å²) in [5, 5.41) is 38.1. The zero-order valence-electron chi connectivity index (χ0n) is 10.5. The number of rotatable bonds is 3. The molecule has 1 fully saturated rings. The number of aliphatic hydroxyl groups is 4. The van der Waals surface area contributed by atoms with E-state index < -0.39 is 37.3 Å². The summed E-state index contributed by atoms with van der Waals surface area (Å²) in [6.07, 6.45) is -1.63. The van der Waals surface area contributed by atoms with Crippen molar-refractivity contribution in [3.63, 3.8) is 0 Å². The molecule has 0 aromatic rings. The minimum Gasteiger partial charge on any atom is -0.462 e. The lowest BCUT2D eigenvalue weighted by Gasteiger charge is -2.39. The highest BCUT2D eigenvalue weighted by molar-refractivity contribution is 5.59. The van der Waals surface area contributed by atoms with E-state index in [9.17, 15) is 20.1 Å². The van der Waals surface area contributed by atoms with Crippen LogP contribution < -0.4 is 0 Å². The molecule has 0 unspecified atom stereocenters. The predicted octanol–water partition coefficient (Wildman–Crippen LogP) is -1.60. The molecule has 0 aromatic heterocycles. The van der Waals surface area contributed by atoms with Gasteiger partial charge in [-0.3, -0.25) is 0 Å². The average Bonchev–Trinajstić information content (AvgIpc) is 2.48. The van der Waals surface area contributed by atoms with Gasteiger partial charge in [0.15, 0.2) is 0 Å². The van der Waals surface area contributed by atoms with Gasteiger partial charge in [-0.05, 0) is 18.2 Å². The molecule has 110 valence electrons. The standard InChI is InChI=1S/C13H16O7/c14-5-7-1-3-8(4-2-7)19-13-12(18)11(17)10(16)9(6-15)20-13/h1,3-4,9-13,15-18H,2,6H2/t9-,10-,11+,12-,13-/m1/s1. The molecule has 0 saturated carbocycles. The van der Waals surface area contributed by atoms with Gasteiger partial charge in [0.25, 0.3) is 0 Å². The van der Waals surface area contributed by atoms with E-state index >= 15 is 0 Å². The van der Waals surface area contributed by atoms with Crippen molar-refractivity contribution in [2.24, 2.45) is 0 Å². The minimum absolute atomic E-state index is 0.340. The van der Waals surface area contributed by atoms with E-state index in [2.05, 4.69) is 0 Å².